The van der Waals surface area contributed by atoms with Crippen LogP contribution in [0.25, 0.3) is 0 Å². The maximum absolute atomic E-state index is 13.7. The van der Waals surface area contributed by atoms with E-state index in [-0.39, 0.29) is 5.69 Å². The van der Waals surface area contributed by atoms with Crippen LogP contribution in [0, 0.1) is 11.6 Å². The van der Waals surface area contributed by atoms with E-state index >= 15 is 0 Å². The molecule has 1 aromatic heterocycles. The second kappa shape index (κ2) is 6.41. The third kappa shape index (κ3) is 2.87. The minimum Gasteiger partial charge on any atom is -0.322 e. The fraction of sp³-hybridized carbons (Fsp3) is 0.278. The molecular weight excluding hydrogens is 376 g/mol. The van der Waals surface area contributed by atoms with E-state index in [2.05, 4.69) is 10.6 Å². The van der Waals surface area contributed by atoms with E-state index in [0.29, 0.717) is 12.5 Å². The fourth-order valence-corrected chi connectivity index (χ4v) is 4.61. The highest BCUT2D eigenvalue weighted by atomic mass is 32.1. The van der Waals surface area contributed by atoms with Crippen molar-refractivity contribution in [2.24, 2.45) is 0 Å². The molecule has 0 unspecified atom stereocenters. The van der Waals surface area contributed by atoms with Gasteiger partial charge in [0.05, 0.1) is 5.69 Å². The number of imide groups is 1. The van der Waals surface area contributed by atoms with Gasteiger partial charge in [-0.05, 0) is 42.8 Å². The van der Waals surface area contributed by atoms with E-state index in [9.17, 15) is 23.2 Å². The Morgan fingerprint density at radius 1 is 1.30 bits per heavy atom. The first-order valence-corrected chi connectivity index (χ1v) is 9.24. The molecule has 140 valence electrons. The molecule has 2 heterocycles. The van der Waals surface area contributed by atoms with E-state index < -0.39 is 41.6 Å². The van der Waals surface area contributed by atoms with Crippen LogP contribution in [0.2, 0.25) is 0 Å². The molecule has 2 aliphatic rings. The van der Waals surface area contributed by atoms with Gasteiger partial charge in [-0.2, -0.15) is 0 Å². The smallest absolute Gasteiger partial charge is 0.322 e. The minimum atomic E-state index is -1.13. The van der Waals surface area contributed by atoms with Gasteiger partial charge >= 0.3 is 6.03 Å². The zero-order chi connectivity index (χ0) is 19.2. The molecule has 0 bridgehead atoms. The predicted octanol–water partition coefficient (Wildman–Crippen LogP) is 2.75. The Kier molecular flexibility index (Phi) is 4.18. The molecular formula is C18H15F2N3O3S. The molecule has 2 N–H and O–H groups in total. The summed E-state index contributed by atoms with van der Waals surface area (Å²) in [5.74, 6) is -2.94. The number of thiophene rings is 1. The number of urea groups is 1. The molecule has 1 saturated heterocycles. The van der Waals surface area contributed by atoms with E-state index in [1.165, 1.54) is 11.3 Å². The molecule has 1 fully saturated rings. The normalized spacial score (nSPS) is 21.3. The number of carbonyl (C=O) groups excluding carboxylic acids is 3. The number of nitrogens with zero attached hydrogens (tertiary/aromatic N) is 1. The molecule has 9 heteroatoms. The summed E-state index contributed by atoms with van der Waals surface area (Å²) in [7, 11) is 0. The third-order valence-corrected chi connectivity index (χ3v) is 5.82. The quantitative estimate of drug-likeness (QED) is 0.790. The monoisotopic (exact) mass is 391 g/mol. The van der Waals surface area contributed by atoms with Crippen molar-refractivity contribution in [3.8, 4) is 0 Å². The lowest BCUT2D eigenvalue weighted by atomic mass is 9.80. The predicted molar refractivity (Wildman–Crippen MR) is 94.2 cm³/mol. The summed E-state index contributed by atoms with van der Waals surface area (Å²) < 4.78 is 26.6. The zero-order valence-corrected chi connectivity index (χ0v) is 14.9. The number of nitrogens with one attached hydrogen (secondary N) is 2. The molecule has 1 spiro atoms. The summed E-state index contributed by atoms with van der Waals surface area (Å²) >= 11 is 1.54. The van der Waals surface area contributed by atoms with E-state index in [1.807, 2.05) is 11.4 Å². The number of hydrogen-bond acceptors (Lipinski definition) is 4. The molecule has 1 atom stereocenters. The lowest BCUT2D eigenvalue weighted by Crippen LogP contribution is -2.46. The first kappa shape index (κ1) is 17.6. The van der Waals surface area contributed by atoms with Gasteiger partial charge in [0.15, 0.2) is 0 Å². The fourth-order valence-electron chi connectivity index (χ4n) is 3.61. The second-order valence-electron chi connectivity index (χ2n) is 6.51. The van der Waals surface area contributed by atoms with Crippen LogP contribution in [0.1, 0.15) is 23.3 Å². The number of carbonyl (C=O) groups is 3. The Hall–Kier alpha value is -2.81. The number of aryl methyl sites for hydroxylation is 1. The van der Waals surface area contributed by atoms with Gasteiger partial charge in [0.1, 0.15) is 23.7 Å². The number of fused-ring (bicyclic) bond motifs is 2. The van der Waals surface area contributed by atoms with Gasteiger partial charge < -0.3 is 10.6 Å². The van der Waals surface area contributed by atoms with E-state index in [0.717, 1.165) is 40.3 Å². The van der Waals surface area contributed by atoms with Gasteiger partial charge in [0.2, 0.25) is 5.91 Å². The highest BCUT2D eigenvalue weighted by Gasteiger charge is 2.54. The average molecular weight is 391 g/mol. The Bertz CT molecular complexity index is 961. The molecule has 4 rings (SSSR count). The molecule has 1 aliphatic carbocycles. The van der Waals surface area contributed by atoms with E-state index in [1.54, 1.807) is 0 Å². The second-order valence-corrected chi connectivity index (χ2v) is 7.51. The van der Waals surface area contributed by atoms with Gasteiger partial charge in [-0.3, -0.25) is 14.5 Å². The lowest BCUT2D eigenvalue weighted by Gasteiger charge is -2.31. The summed E-state index contributed by atoms with van der Waals surface area (Å²) in [4.78, 5) is 39.5. The summed E-state index contributed by atoms with van der Waals surface area (Å²) in [5, 5.41) is 6.88. The van der Waals surface area contributed by atoms with Crippen molar-refractivity contribution in [3.63, 3.8) is 0 Å². The van der Waals surface area contributed by atoms with Crippen molar-refractivity contribution in [1.29, 1.82) is 0 Å². The van der Waals surface area contributed by atoms with Crippen LogP contribution < -0.4 is 10.6 Å². The average Bonchev–Trinajstić information content (AvgIpc) is 3.18. The van der Waals surface area contributed by atoms with Crippen molar-refractivity contribution in [1.82, 2.24) is 10.2 Å². The van der Waals surface area contributed by atoms with Gasteiger partial charge in [-0.25, -0.2) is 13.6 Å². The Balaban J connectivity index is 1.53. The maximum atomic E-state index is 13.7. The molecule has 2 aromatic rings. The third-order valence-electron chi connectivity index (χ3n) is 4.84. The molecule has 1 aromatic carbocycles. The topological polar surface area (TPSA) is 78.5 Å². The lowest BCUT2D eigenvalue weighted by molar-refractivity contribution is -0.134. The largest absolute Gasteiger partial charge is 0.325 e. The van der Waals surface area contributed by atoms with Crippen LogP contribution >= 0.6 is 11.3 Å². The van der Waals surface area contributed by atoms with Gasteiger partial charge in [-0.1, -0.05) is 0 Å². The van der Waals surface area contributed by atoms with Crippen LogP contribution in [-0.2, 0) is 21.5 Å². The van der Waals surface area contributed by atoms with Gasteiger partial charge in [0, 0.05) is 16.5 Å². The molecule has 27 heavy (non-hydrogen) atoms. The standard InChI is InChI=1S/C18H15F2N3O3S/c19-10-3-4-13(12(20)8-10)21-15(24)9-23-16(25)18(22-17(23)26)6-1-2-14-11(18)5-7-27-14/h3-5,7-8H,1-2,6,9H2,(H,21,24)(H,22,26)/t18-/m0/s1. The van der Waals surface area contributed by atoms with E-state index in [4.69, 9.17) is 0 Å². The number of benzene rings is 1. The van der Waals surface area contributed by atoms with Crippen molar-refractivity contribution in [2.45, 2.75) is 24.8 Å². The zero-order valence-electron chi connectivity index (χ0n) is 14.1. The highest BCUT2D eigenvalue weighted by Crippen LogP contribution is 2.42. The van der Waals surface area contributed by atoms with Crippen LogP contribution in [0.15, 0.2) is 29.6 Å². The van der Waals surface area contributed by atoms with Crippen LogP contribution in [0.5, 0.6) is 0 Å². The SMILES string of the molecule is O=C(CN1C(=O)N[C@]2(CCCc3sccc32)C1=O)Nc1ccc(F)cc1F. The van der Waals surface area contributed by atoms with Crippen molar-refractivity contribution < 1.29 is 23.2 Å². The Labute approximate surface area is 157 Å². The minimum absolute atomic E-state index is 0.221. The number of rotatable bonds is 3. The number of hydrogen-bond donors (Lipinski definition) is 2. The number of amides is 4. The first-order chi connectivity index (χ1) is 12.9. The van der Waals surface area contributed by atoms with Crippen molar-refractivity contribution in [2.75, 3.05) is 11.9 Å². The van der Waals surface area contributed by atoms with Gasteiger partial charge in [0.25, 0.3) is 5.91 Å². The summed E-state index contributed by atoms with van der Waals surface area (Å²) in [6.07, 6.45) is 2.06. The van der Waals surface area contributed by atoms with Crippen LogP contribution in [0.4, 0.5) is 19.3 Å². The molecule has 0 radical (unpaired) electrons. The van der Waals surface area contributed by atoms with Crippen LogP contribution in [-0.4, -0.2) is 29.3 Å². The first-order valence-electron chi connectivity index (χ1n) is 8.36. The molecule has 0 saturated carbocycles. The van der Waals surface area contributed by atoms with Gasteiger partial charge in [-0.15, -0.1) is 11.3 Å². The highest BCUT2D eigenvalue weighted by molar-refractivity contribution is 7.10. The van der Waals surface area contributed by atoms with Crippen molar-refractivity contribution in [3.05, 3.63) is 51.7 Å². The maximum Gasteiger partial charge on any atom is 0.325 e. The molecule has 4 amide bonds. The number of halogens is 2. The van der Waals surface area contributed by atoms with Crippen molar-refractivity contribution >= 4 is 34.9 Å². The molecule has 1 aliphatic heterocycles. The Morgan fingerprint density at radius 2 is 2.11 bits per heavy atom. The summed E-state index contributed by atoms with van der Waals surface area (Å²) in [5.41, 5.74) is -0.572. The molecule has 6 nitrogen and oxygen atoms in total. The summed E-state index contributed by atoms with van der Waals surface area (Å²) in [6, 6.07) is 3.89. The van der Waals surface area contributed by atoms with Crippen LogP contribution in [0.3, 0.4) is 0 Å². The Morgan fingerprint density at radius 3 is 2.89 bits per heavy atom. The number of anilines is 1. The summed E-state index contributed by atoms with van der Waals surface area (Å²) in [6.45, 7) is -0.553.